The maximum atomic E-state index is 13.2. The molecule has 1 heterocycles. The van der Waals surface area contributed by atoms with E-state index in [1.54, 1.807) is 6.92 Å². The highest BCUT2D eigenvalue weighted by molar-refractivity contribution is 6.31. The van der Waals surface area contributed by atoms with Gasteiger partial charge in [0.25, 0.3) is 5.56 Å². The van der Waals surface area contributed by atoms with Crippen molar-refractivity contribution in [2.24, 2.45) is 0 Å². The average molecular weight is 298 g/mol. The minimum atomic E-state index is -0.611. The van der Waals surface area contributed by atoms with Crippen LogP contribution in [-0.2, 0) is 13.1 Å². The Labute approximate surface area is 119 Å². The fourth-order valence-corrected chi connectivity index (χ4v) is 2.05. The maximum absolute atomic E-state index is 13.2. The first-order chi connectivity index (χ1) is 9.43. The van der Waals surface area contributed by atoms with Gasteiger partial charge in [-0.25, -0.2) is 9.18 Å². The molecular weight excluding hydrogens is 285 g/mol. The van der Waals surface area contributed by atoms with Crippen LogP contribution in [0.4, 0.5) is 10.1 Å². The number of aromatic nitrogens is 2. The van der Waals surface area contributed by atoms with Crippen LogP contribution < -0.4 is 17.0 Å². The molecule has 2 N–H and O–H groups in total. The van der Waals surface area contributed by atoms with Crippen molar-refractivity contribution >= 4 is 17.3 Å². The summed E-state index contributed by atoms with van der Waals surface area (Å²) in [6.07, 6.45) is 1.30. The first kappa shape index (κ1) is 14.3. The van der Waals surface area contributed by atoms with Gasteiger partial charge in [-0.05, 0) is 30.7 Å². The van der Waals surface area contributed by atoms with Crippen LogP contribution in [-0.4, -0.2) is 9.13 Å². The van der Waals surface area contributed by atoms with Gasteiger partial charge in [0.05, 0.1) is 6.54 Å². The summed E-state index contributed by atoms with van der Waals surface area (Å²) in [7, 11) is 0. The Balaban J connectivity index is 2.59. The van der Waals surface area contributed by atoms with Gasteiger partial charge in [0.1, 0.15) is 11.5 Å². The molecule has 0 aliphatic carbocycles. The highest BCUT2D eigenvalue weighted by Gasteiger charge is 2.11. The van der Waals surface area contributed by atoms with E-state index in [1.807, 2.05) is 0 Å². The zero-order chi connectivity index (χ0) is 14.9. The smallest absolute Gasteiger partial charge is 0.331 e. The van der Waals surface area contributed by atoms with Crippen molar-refractivity contribution in [2.75, 3.05) is 5.73 Å². The summed E-state index contributed by atoms with van der Waals surface area (Å²) in [4.78, 5) is 24.1. The Kier molecular flexibility index (Phi) is 3.94. The number of nitrogens with two attached hydrogens (primary N) is 1. The van der Waals surface area contributed by atoms with Crippen LogP contribution in [0.15, 0.2) is 34.0 Å². The summed E-state index contributed by atoms with van der Waals surface area (Å²) in [6, 6.07) is 3.77. The first-order valence-electron chi connectivity index (χ1n) is 5.97. The molecule has 106 valence electrons. The minimum absolute atomic E-state index is 0.0426. The molecule has 0 aliphatic rings. The highest BCUT2D eigenvalue weighted by Crippen LogP contribution is 2.17. The summed E-state index contributed by atoms with van der Waals surface area (Å²) < 4.78 is 15.5. The Bertz CT molecular complexity index is 767. The van der Waals surface area contributed by atoms with Crippen LogP contribution in [0.2, 0.25) is 5.02 Å². The number of benzene rings is 1. The van der Waals surface area contributed by atoms with Gasteiger partial charge < -0.3 is 5.73 Å². The Morgan fingerprint density at radius 2 is 2.05 bits per heavy atom. The molecule has 0 bridgehead atoms. The van der Waals surface area contributed by atoms with Crippen LogP contribution in [0.3, 0.4) is 0 Å². The molecule has 0 fully saturated rings. The van der Waals surface area contributed by atoms with Gasteiger partial charge in [-0.2, -0.15) is 0 Å². The zero-order valence-corrected chi connectivity index (χ0v) is 11.5. The normalized spacial score (nSPS) is 10.8. The molecule has 0 atom stereocenters. The monoisotopic (exact) mass is 297 g/mol. The van der Waals surface area contributed by atoms with Crippen LogP contribution in [0.5, 0.6) is 0 Å². The summed E-state index contributed by atoms with van der Waals surface area (Å²) in [5.41, 5.74) is 4.77. The van der Waals surface area contributed by atoms with Gasteiger partial charge in [0.2, 0.25) is 0 Å². The number of nitrogens with zero attached hydrogens (tertiary/aromatic N) is 2. The van der Waals surface area contributed by atoms with E-state index < -0.39 is 17.1 Å². The molecule has 0 amide bonds. The zero-order valence-electron chi connectivity index (χ0n) is 10.8. The van der Waals surface area contributed by atoms with Crippen molar-refractivity contribution in [3.8, 4) is 0 Å². The molecule has 20 heavy (non-hydrogen) atoms. The van der Waals surface area contributed by atoms with E-state index in [1.165, 1.54) is 29.0 Å². The quantitative estimate of drug-likeness (QED) is 0.932. The largest absolute Gasteiger partial charge is 0.393 e. The van der Waals surface area contributed by atoms with Gasteiger partial charge >= 0.3 is 5.69 Å². The van der Waals surface area contributed by atoms with E-state index in [2.05, 4.69) is 0 Å². The Morgan fingerprint density at radius 1 is 1.35 bits per heavy atom. The number of aryl methyl sites for hydroxylation is 1. The Hall–Kier alpha value is -2.08. The molecule has 1 aromatic carbocycles. The third kappa shape index (κ3) is 2.60. The molecular formula is C13H13ClFN3O2. The van der Waals surface area contributed by atoms with Crippen LogP contribution in [0.25, 0.3) is 0 Å². The van der Waals surface area contributed by atoms with Crippen molar-refractivity contribution in [3.63, 3.8) is 0 Å². The molecule has 2 aromatic rings. The van der Waals surface area contributed by atoms with Crippen molar-refractivity contribution in [1.29, 1.82) is 0 Å². The second-order valence-electron chi connectivity index (χ2n) is 4.28. The van der Waals surface area contributed by atoms with Gasteiger partial charge in [-0.1, -0.05) is 11.6 Å². The first-order valence-corrected chi connectivity index (χ1v) is 6.35. The number of anilines is 1. The van der Waals surface area contributed by atoms with Crippen molar-refractivity contribution in [2.45, 2.75) is 20.0 Å². The molecule has 0 unspecified atom stereocenters. The van der Waals surface area contributed by atoms with Crippen molar-refractivity contribution in [3.05, 3.63) is 61.6 Å². The lowest BCUT2D eigenvalue weighted by molar-refractivity contribution is 0.595. The average Bonchev–Trinajstić information content (AvgIpc) is 2.42. The summed E-state index contributed by atoms with van der Waals surface area (Å²) in [5, 5.41) is 0.281. The third-order valence-electron chi connectivity index (χ3n) is 2.94. The molecule has 0 saturated carbocycles. The van der Waals surface area contributed by atoms with Gasteiger partial charge in [0.15, 0.2) is 0 Å². The van der Waals surface area contributed by atoms with Crippen LogP contribution in [0, 0.1) is 5.82 Å². The lowest BCUT2D eigenvalue weighted by atomic mass is 10.2. The van der Waals surface area contributed by atoms with Gasteiger partial charge in [-0.15, -0.1) is 0 Å². The molecule has 2 rings (SSSR count). The molecule has 7 heteroatoms. The van der Waals surface area contributed by atoms with E-state index in [9.17, 15) is 14.0 Å². The standard InChI is InChI=1S/C13H13ClFN3O2/c1-2-17-7-11(16)12(19)18(13(17)20)6-8-5-9(15)3-4-10(8)14/h3-5,7H,2,6,16H2,1H3. The predicted octanol–water partition coefficient (Wildman–Crippen LogP) is 1.45. The van der Waals surface area contributed by atoms with Crippen LogP contribution >= 0.6 is 11.6 Å². The predicted molar refractivity (Wildman–Crippen MR) is 75.6 cm³/mol. The van der Waals surface area contributed by atoms with Gasteiger partial charge in [0, 0.05) is 17.8 Å². The number of rotatable bonds is 3. The minimum Gasteiger partial charge on any atom is -0.393 e. The van der Waals surface area contributed by atoms with E-state index >= 15 is 0 Å². The number of halogens is 2. The number of hydrogen-bond donors (Lipinski definition) is 1. The van der Waals surface area contributed by atoms with E-state index in [0.29, 0.717) is 12.1 Å². The van der Waals surface area contributed by atoms with E-state index in [0.717, 1.165) is 4.57 Å². The number of hydrogen-bond acceptors (Lipinski definition) is 3. The van der Waals surface area contributed by atoms with E-state index in [-0.39, 0.29) is 17.3 Å². The lowest BCUT2D eigenvalue weighted by Gasteiger charge is -2.11. The third-order valence-corrected chi connectivity index (χ3v) is 3.31. The highest BCUT2D eigenvalue weighted by atomic mass is 35.5. The fourth-order valence-electron chi connectivity index (χ4n) is 1.88. The maximum Gasteiger partial charge on any atom is 0.331 e. The molecule has 0 saturated heterocycles. The molecule has 5 nitrogen and oxygen atoms in total. The second kappa shape index (κ2) is 5.50. The van der Waals surface area contributed by atoms with Crippen LogP contribution in [0.1, 0.15) is 12.5 Å². The fraction of sp³-hybridized carbons (Fsp3) is 0.231. The summed E-state index contributed by atoms with van der Waals surface area (Å²) in [5.74, 6) is -0.489. The molecule has 0 aliphatic heterocycles. The van der Waals surface area contributed by atoms with E-state index in [4.69, 9.17) is 17.3 Å². The topological polar surface area (TPSA) is 70.0 Å². The number of nitrogen functional groups attached to an aromatic ring is 1. The van der Waals surface area contributed by atoms with Gasteiger partial charge in [-0.3, -0.25) is 13.9 Å². The molecule has 1 aromatic heterocycles. The molecule has 0 spiro atoms. The SMILES string of the molecule is CCn1cc(N)c(=O)n(Cc2cc(F)ccc2Cl)c1=O. The summed E-state index contributed by atoms with van der Waals surface area (Å²) in [6.45, 7) is 2.00. The molecule has 0 radical (unpaired) electrons. The van der Waals surface area contributed by atoms with Crippen molar-refractivity contribution < 1.29 is 4.39 Å². The lowest BCUT2D eigenvalue weighted by Crippen LogP contribution is -2.40. The Morgan fingerprint density at radius 3 is 2.70 bits per heavy atom. The summed E-state index contributed by atoms with van der Waals surface area (Å²) >= 11 is 5.94. The second-order valence-corrected chi connectivity index (χ2v) is 4.69. The van der Waals surface area contributed by atoms with Crippen molar-refractivity contribution in [1.82, 2.24) is 9.13 Å².